The number of aliphatic hydroxyl groups is 1. The molecule has 1 unspecified atom stereocenters. The monoisotopic (exact) mass is 289 g/mol. The van der Waals surface area contributed by atoms with Crippen LogP contribution in [0.2, 0.25) is 0 Å². The Morgan fingerprint density at radius 1 is 1.05 bits per heavy atom. The lowest BCUT2D eigenvalue weighted by molar-refractivity contribution is 0.194. The minimum absolute atomic E-state index is 0.301. The van der Waals surface area contributed by atoms with Crippen LogP contribution in [0.15, 0.2) is 47.4 Å². The highest BCUT2D eigenvalue weighted by Crippen LogP contribution is 2.24. The van der Waals surface area contributed by atoms with Crippen LogP contribution >= 0.6 is 11.8 Å². The first-order valence-electron chi connectivity index (χ1n) is 7.15. The molecule has 0 radical (unpaired) electrons. The first-order valence-corrected chi connectivity index (χ1v) is 8.14. The van der Waals surface area contributed by atoms with E-state index in [1.54, 1.807) is 11.8 Å². The Hall–Kier alpha value is -1.03. The molecule has 20 heavy (non-hydrogen) atoms. The van der Waals surface area contributed by atoms with Gasteiger partial charge in [-0.1, -0.05) is 44.2 Å². The molecule has 3 heteroatoms. The Morgan fingerprint density at radius 3 is 2.55 bits per heavy atom. The smallest absolute Gasteiger partial charge is 0.0758 e. The third-order valence-corrected chi connectivity index (χ3v) is 4.23. The van der Waals surface area contributed by atoms with Gasteiger partial charge in [0.25, 0.3) is 0 Å². The van der Waals surface area contributed by atoms with Crippen molar-refractivity contribution in [2.45, 2.75) is 24.8 Å². The van der Waals surface area contributed by atoms with Gasteiger partial charge in [0.05, 0.1) is 6.10 Å². The second kappa shape index (κ2) is 7.67. The highest BCUT2D eigenvalue weighted by atomic mass is 32.2. The number of thioether (sulfide) groups is 1. The molecule has 2 aromatic carbocycles. The fourth-order valence-electron chi connectivity index (χ4n) is 2.05. The van der Waals surface area contributed by atoms with Gasteiger partial charge in [-0.15, -0.1) is 11.8 Å². The quantitative estimate of drug-likeness (QED) is 0.765. The molecule has 0 aliphatic rings. The van der Waals surface area contributed by atoms with Gasteiger partial charge in [0, 0.05) is 17.2 Å². The molecule has 0 spiro atoms. The van der Waals surface area contributed by atoms with E-state index in [1.807, 2.05) is 0 Å². The van der Waals surface area contributed by atoms with E-state index in [2.05, 4.69) is 61.6 Å². The Bertz CT molecular complexity index is 541. The molecule has 108 valence electrons. The van der Waals surface area contributed by atoms with Crippen molar-refractivity contribution in [2.24, 2.45) is 5.92 Å². The fraction of sp³-hybridized carbons (Fsp3) is 0.412. The molecular weight excluding hydrogens is 266 g/mol. The van der Waals surface area contributed by atoms with Gasteiger partial charge in [-0.25, -0.2) is 0 Å². The topological polar surface area (TPSA) is 32.3 Å². The van der Waals surface area contributed by atoms with Crippen molar-refractivity contribution in [2.75, 3.05) is 18.8 Å². The maximum Gasteiger partial charge on any atom is 0.0758 e. The summed E-state index contributed by atoms with van der Waals surface area (Å²) >= 11 is 1.71. The molecule has 0 saturated heterocycles. The van der Waals surface area contributed by atoms with E-state index in [9.17, 15) is 5.11 Å². The van der Waals surface area contributed by atoms with E-state index in [1.165, 1.54) is 15.7 Å². The van der Waals surface area contributed by atoms with Gasteiger partial charge >= 0.3 is 0 Å². The van der Waals surface area contributed by atoms with Crippen LogP contribution < -0.4 is 5.32 Å². The molecule has 0 aliphatic heterocycles. The van der Waals surface area contributed by atoms with Gasteiger partial charge in [-0.05, 0) is 35.4 Å². The molecule has 0 fully saturated rings. The maximum absolute atomic E-state index is 9.95. The first-order chi connectivity index (χ1) is 9.65. The number of fused-ring (bicyclic) bond motifs is 1. The molecular formula is C17H23NOS. The largest absolute Gasteiger partial charge is 0.391 e. The number of benzene rings is 2. The molecule has 2 N–H and O–H groups in total. The number of rotatable bonds is 7. The van der Waals surface area contributed by atoms with Gasteiger partial charge in [-0.2, -0.15) is 0 Å². The van der Waals surface area contributed by atoms with Crippen LogP contribution in [-0.2, 0) is 0 Å². The third-order valence-electron chi connectivity index (χ3n) is 3.10. The molecule has 0 aliphatic carbocycles. The highest BCUT2D eigenvalue weighted by molar-refractivity contribution is 7.99. The van der Waals surface area contributed by atoms with E-state index >= 15 is 0 Å². The van der Waals surface area contributed by atoms with Gasteiger partial charge in [0.2, 0.25) is 0 Å². The van der Waals surface area contributed by atoms with E-state index in [0.717, 1.165) is 12.3 Å². The molecule has 2 aromatic rings. The minimum Gasteiger partial charge on any atom is -0.391 e. The van der Waals surface area contributed by atoms with Crippen molar-refractivity contribution in [3.05, 3.63) is 42.5 Å². The lowest BCUT2D eigenvalue weighted by atomic mass is 10.1. The average molecular weight is 289 g/mol. The Labute approximate surface area is 125 Å². The van der Waals surface area contributed by atoms with Gasteiger partial charge in [-0.3, -0.25) is 0 Å². The van der Waals surface area contributed by atoms with E-state index in [0.29, 0.717) is 12.5 Å². The van der Waals surface area contributed by atoms with Crippen LogP contribution in [0.1, 0.15) is 13.8 Å². The zero-order valence-corrected chi connectivity index (χ0v) is 13.0. The Kier molecular flexibility index (Phi) is 5.89. The minimum atomic E-state index is -0.301. The number of hydrogen-bond acceptors (Lipinski definition) is 3. The lowest BCUT2D eigenvalue weighted by Crippen LogP contribution is -2.30. The molecule has 0 amide bonds. The van der Waals surface area contributed by atoms with E-state index < -0.39 is 0 Å². The van der Waals surface area contributed by atoms with Gasteiger partial charge in [0.15, 0.2) is 0 Å². The maximum atomic E-state index is 9.95. The standard InChI is InChI=1S/C17H23NOS/c1-13(2)10-18-11-16(19)12-20-17-8-7-14-5-3-4-6-15(14)9-17/h3-9,13,16,18-19H,10-12H2,1-2H3. The van der Waals surface area contributed by atoms with Crippen molar-refractivity contribution < 1.29 is 5.11 Å². The third kappa shape index (κ3) is 4.82. The number of nitrogens with one attached hydrogen (secondary N) is 1. The van der Waals surface area contributed by atoms with E-state index in [4.69, 9.17) is 0 Å². The lowest BCUT2D eigenvalue weighted by Gasteiger charge is -2.13. The number of hydrogen-bond donors (Lipinski definition) is 2. The van der Waals surface area contributed by atoms with Crippen LogP contribution in [0.3, 0.4) is 0 Å². The number of aliphatic hydroxyl groups excluding tert-OH is 1. The van der Waals surface area contributed by atoms with Gasteiger partial charge in [0.1, 0.15) is 0 Å². The van der Waals surface area contributed by atoms with Crippen molar-refractivity contribution in [1.29, 1.82) is 0 Å². The van der Waals surface area contributed by atoms with Crippen LogP contribution in [0.25, 0.3) is 10.8 Å². The van der Waals surface area contributed by atoms with Crippen molar-refractivity contribution in [3.63, 3.8) is 0 Å². The average Bonchev–Trinajstić information content (AvgIpc) is 2.44. The van der Waals surface area contributed by atoms with Crippen LogP contribution in [0, 0.1) is 5.92 Å². The summed E-state index contributed by atoms with van der Waals surface area (Å²) in [5.41, 5.74) is 0. The second-order valence-corrected chi connectivity index (χ2v) is 6.62. The van der Waals surface area contributed by atoms with Crippen molar-refractivity contribution in [1.82, 2.24) is 5.32 Å². The summed E-state index contributed by atoms with van der Waals surface area (Å²) in [7, 11) is 0. The normalized spacial score (nSPS) is 13.0. The molecule has 0 aromatic heterocycles. The zero-order chi connectivity index (χ0) is 14.4. The molecule has 0 saturated carbocycles. The van der Waals surface area contributed by atoms with E-state index in [-0.39, 0.29) is 6.10 Å². The summed E-state index contributed by atoms with van der Waals surface area (Å²) < 4.78 is 0. The highest BCUT2D eigenvalue weighted by Gasteiger charge is 2.05. The van der Waals surface area contributed by atoms with Crippen molar-refractivity contribution >= 4 is 22.5 Å². The summed E-state index contributed by atoms with van der Waals surface area (Å²) in [5.74, 6) is 1.35. The molecule has 2 rings (SSSR count). The fourth-order valence-corrected chi connectivity index (χ4v) is 2.92. The van der Waals surface area contributed by atoms with Gasteiger partial charge < -0.3 is 10.4 Å². The summed E-state index contributed by atoms with van der Waals surface area (Å²) in [5, 5.41) is 15.8. The Balaban J connectivity index is 1.83. The zero-order valence-electron chi connectivity index (χ0n) is 12.2. The molecule has 0 bridgehead atoms. The molecule has 2 nitrogen and oxygen atoms in total. The Morgan fingerprint density at radius 2 is 1.80 bits per heavy atom. The van der Waals surface area contributed by atoms with Crippen LogP contribution in [0.4, 0.5) is 0 Å². The van der Waals surface area contributed by atoms with Crippen molar-refractivity contribution in [3.8, 4) is 0 Å². The molecule has 1 atom stereocenters. The summed E-state index contributed by atoms with van der Waals surface area (Å²) in [6, 6.07) is 14.8. The SMILES string of the molecule is CC(C)CNCC(O)CSc1ccc2ccccc2c1. The first kappa shape index (κ1) is 15.4. The van der Waals surface area contributed by atoms with Crippen LogP contribution in [-0.4, -0.2) is 30.1 Å². The predicted molar refractivity (Wildman–Crippen MR) is 88.4 cm³/mol. The summed E-state index contributed by atoms with van der Waals surface area (Å²) in [4.78, 5) is 1.21. The molecule has 0 heterocycles. The van der Waals surface area contributed by atoms with Crippen LogP contribution in [0.5, 0.6) is 0 Å². The summed E-state index contributed by atoms with van der Waals surface area (Å²) in [6.45, 7) is 5.96. The summed E-state index contributed by atoms with van der Waals surface area (Å²) in [6.07, 6.45) is -0.301. The second-order valence-electron chi connectivity index (χ2n) is 5.53. The predicted octanol–water partition coefficient (Wildman–Crippen LogP) is 3.54.